The van der Waals surface area contributed by atoms with Gasteiger partial charge in [-0.2, -0.15) is 0 Å². The van der Waals surface area contributed by atoms with Gasteiger partial charge in [0.2, 0.25) is 17.7 Å². The van der Waals surface area contributed by atoms with Crippen LogP contribution in [0.25, 0.3) is 5.69 Å². The van der Waals surface area contributed by atoms with Gasteiger partial charge in [-0.1, -0.05) is 17.7 Å². The molecular formula is C19H20ClFN2O4. The zero-order valence-corrected chi connectivity index (χ0v) is 15.3. The predicted octanol–water partition coefficient (Wildman–Crippen LogP) is 3.37. The lowest BCUT2D eigenvalue weighted by Gasteiger charge is -2.13. The van der Waals surface area contributed by atoms with Crippen LogP contribution in [0, 0.1) is 5.82 Å². The first kappa shape index (κ1) is 19.1. The number of fused-ring (bicyclic) bond motifs is 1. The van der Waals surface area contributed by atoms with Gasteiger partial charge in [-0.25, -0.2) is 8.96 Å². The van der Waals surface area contributed by atoms with Crippen LogP contribution >= 0.6 is 11.6 Å². The lowest BCUT2D eigenvalue weighted by Crippen LogP contribution is -2.06. The van der Waals surface area contributed by atoms with Gasteiger partial charge in [-0.3, -0.25) is 4.79 Å². The van der Waals surface area contributed by atoms with Gasteiger partial charge >= 0.3 is 0 Å². The van der Waals surface area contributed by atoms with E-state index >= 15 is 0 Å². The summed E-state index contributed by atoms with van der Waals surface area (Å²) in [6, 6.07) is 2.41. The standard InChI is InChI=1S/C19H20ClFN2O4/c20-13-9-14(21)15(10-16(13)27-8-4-3-7-17(22)24)23-18(25)11-5-1-2-6-12(11)19(23)26/h3,7,9-10,25-26H,1-2,4-6,8H2,(H2,22,24). The number of carbonyl (C=O) groups is 1. The van der Waals surface area contributed by atoms with E-state index in [0.29, 0.717) is 30.4 Å². The van der Waals surface area contributed by atoms with Crippen molar-refractivity contribution in [3.8, 4) is 23.2 Å². The highest BCUT2D eigenvalue weighted by atomic mass is 35.5. The molecule has 1 heterocycles. The highest BCUT2D eigenvalue weighted by molar-refractivity contribution is 6.32. The molecule has 2 aromatic rings. The van der Waals surface area contributed by atoms with Crippen LogP contribution < -0.4 is 10.5 Å². The molecule has 8 heteroatoms. The molecule has 0 saturated carbocycles. The summed E-state index contributed by atoms with van der Waals surface area (Å²) in [7, 11) is 0. The number of ether oxygens (including phenoxy) is 1. The first-order chi connectivity index (χ1) is 12.9. The summed E-state index contributed by atoms with van der Waals surface area (Å²) in [4.78, 5) is 10.7. The fraction of sp³-hybridized carbons (Fsp3) is 0.316. The molecule has 1 aromatic carbocycles. The van der Waals surface area contributed by atoms with E-state index in [1.54, 1.807) is 6.08 Å². The van der Waals surface area contributed by atoms with Crippen LogP contribution in [-0.2, 0) is 17.6 Å². The van der Waals surface area contributed by atoms with E-state index < -0.39 is 11.7 Å². The number of aromatic hydroxyl groups is 2. The summed E-state index contributed by atoms with van der Waals surface area (Å²) in [5.41, 5.74) is 6.24. The topological polar surface area (TPSA) is 97.7 Å². The maximum Gasteiger partial charge on any atom is 0.241 e. The molecule has 0 atom stereocenters. The average Bonchev–Trinajstić information content (AvgIpc) is 2.88. The van der Waals surface area contributed by atoms with E-state index in [-0.39, 0.29) is 34.8 Å². The molecule has 0 spiro atoms. The molecule has 0 fully saturated rings. The van der Waals surface area contributed by atoms with Crippen LogP contribution in [0.15, 0.2) is 24.3 Å². The third kappa shape index (κ3) is 3.88. The smallest absolute Gasteiger partial charge is 0.241 e. The van der Waals surface area contributed by atoms with Crippen LogP contribution in [0.1, 0.15) is 30.4 Å². The van der Waals surface area contributed by atoms with E-state index in [9.17, 15) is 19.4 Å². The van der Waals surface area contributed by atoms with Crippen molar-refractivity contribution in [1.82, 2.24) is 4.57 Å². The minimum Gasteiger partial charge on any atom is -0.494 e. The van der Waals surface area contributed by atoms with Gasteiger partial charge in [-0.15, -0.1) is 0 Å². The molecule has 0 unspecified atom stereocenters. The van der Waals surface area contributed by atoms with E-state index in [2.05, 4.69) is 0 Å². The number of aromatic nitrogens is 1. The van der Waals surface area contributed by atoms with Crippen LogP contribution in [0.2, 0.25) is 5.02 Å². The molecule has 1 aliphatic carbocycles. The van der Waals surface area contributed by atoms with Crippen molar-refractivity contribution >= 4 is 17.5 Å². The molecule has 0 radical (unpaired) electrons. The van der Waals surface area contributed by atoms with Crippen molar-refractivity contribution < 1.29 is 24.1 Å². The Morgan fingerprint density at radius 3 is 2.48 bits per heavy atom. The van der Waals surface area contributed by atoms with Crippen molar-refractivity contribution in [2.75, 3.05) is 6.61 Å². The van der Waals surface area contributed by atoms with Crippen molar-refractivity contribution in [2.45, 2.75) is 32.1 Å². The van der Waals surface area contributed by atoms with Crippen molar-refractivity contribution in [2.24, 2.45) is 5.73 Å². The fourth-order valence-corrected chi connectivity index (χ4v) is 3.44. The SMILES string of the molecule is NC(=O)C=CCCOc1cc(-n2c(O)c3c(c2O)CCCC3)c(F)cc1Cl. The van der Waals surface area contributed by atoms with Crippen molar-refractivity contribution in [3.63, 3.8) is 0 Å². The van der Waals surface area contributed by atoms with E-state index in [1.165, 1.54) is 12.1 Å². The highest BCUT2D eigenvalue weighted by Crippen LogP contribution is 2.42. The van der Waals surface area contributed by atoms with Gasteiger partial charge < -0.3 is 20.7 Å². The largest absolute Gasteiger partial charge is 0.494 e. The number of primary amides is 1. The first-order valence-electron chi connectivity index (χ1n) is 8.62. The molecule has 0 saturated heterocycles. The number of hydrogen-bond acceptors (Lipinski definition) is 4. The number of halogens is 2. The molecule has 3 rings (SSSR count). The van der Waals surface area contributed by atoms with Gasteiger partial charge in [0, 0.05) is 17.2 Å². The number of hydrogen-bond donors (Lipinski definition) is 3. The molecule has 6 nitrogen and oxygen atoms in total. The van der Waals surface area contributed by atoms with Crippen LogP contribution in [0.5, 0.6) is 17.5 Å². The summed E-state index contributed by atoms with van der Waals surface area (Å²) in [5, 5.41) is 21.1. The number of rotatable bonds is 6. The van der Waals surface area contributed by atoms with Crippen LogP contribution in [0.3, 0.4) is 0 Å². The molecule has 0 aliphatic heterocycles. The van der Waals surface area contributed by atoms with Gasteiger partial charge in [0.25, 0.3) is 0 Å². The summed E-state index contributed by atoms with van der Waals surface area (Å²) < 4.78 is 21.2. The van der Waals surface area contributed by atoms with Crippen molar-refractivity contribution in [3.05, 3.63) is 46.3 Å². The van der Waals surface area contributed by atoms with Crippen molar-refractivity contribution in [1.29, 1.82) is 0 Å². The maximum absolute atomic E-state index is 14.5. The Morgan fingerprint density at radius 1 is 1.26 bits per heavy atom. The highest BCUT2D eigenvalue weighted by Gasteiger charge is 2.27. The minimum absolute atomic E-state index is 0.0496. The normalized spacial score (nSPS) is 13.7. The lowest BCUT2D eigenvalue weighted by molar-refractivity contribution is -0.113. The monoisotopic (exact) mass is 394 g/mol. The van der Waals surface area contributed by atoms with E-state index in [0.717, 1.165) is 23.5 Å². The van der Waals surface area contributed by atoms with Gasteiger partial charge in [-0.05, 0) is 44.2 Å². The summed E-state index contributed by atoms with van der Waals surface area (Å²) >= 11 is 6.04. The molecule has 0 bridgehead atoms. The van der Waals surface area contributed by atoms with E-state index in [1.807, 2.05) is 0 Å². The number of nitrogens with two attached hydrogens (primary N) is 1. The Kier molecular flexibility index (Phi) is 5.60. The summed E-state index contributed by atoms with van der Waals surface area (Å²) in [6.07, 6.45) is 6.25. The number of benzene rings is 1. The second kappa shape index (κ2) is 7.92. The average molecular weight is 395 g/mol. The fourth-order valence-electron chi connectivity index (χ4n) is 3.23. The van der Waals surface area contributed by atoms with Gasteiger partial charge in [0.15, 0.2) is 0 Å². The Hall–Kier alpha value is -2.67. The van der Waals surface area contributed by atoms with E-state index in [4.69, 9.17) is 22.1 Å². The quantitative estimate of drug-likeness (QED) is 0.516. The molecule has 144 valence electrons. The number of carbonyl (C=O) groups excluding carboxylic acids is 1. The molecule has 4 N–H and O–H groups in total. The Morgan fingerprint density at radius 2 is 1.89 bits per heavy atom. The first-order valence-corrected chi connectivity index (χ1v) is 9.00. The second-order valence-electron chi connectivity index (χ2n) is 6.32. The minimum atomic E-state index is -0.695. The maximum atomic E-state index is 14.5. The van der Waals surface area contributed by atoms with Crippen LogP contribution in [-0.4, -0.2) is 27.3 Å². The van der Waals surface area contributed by atoms with Gasteiger partial charge in [0.1, 0.15) is 11.6 Å². The molecule has 27 heavy (non-hydrogen) atoms. The zero-order chi connectivity index (χ0) is 19.6. The van der Waals surface area contributed by atoms with Gasteiger partial charge in [0.05, 0.1) is 17.3 Å². The summed E-state index contributed by atoms with van der Waals surface area (Å²) in [5.74, 6) is -1.39. The molecular weight excluding hydrogens is 375 g/mol. The third-order valence-electron chi connectivity index (χ3n) is 4.50. The number of nitrogens with zero attached hydrogens (tertiary/aromatic N) is 1. The Labute approximate surface area is 160 Å². The predicted molar refractivity (Wildman–Crippen MR) is 99.2 cm³/mol. The molecule has 1 aromatic heterocycles. The second-order valence-corrected chi connectivity index (χ2v) is 6.73. The number of amides is 1. The molecule has 1 amide bonds. The molecule has 1 aliphatic rings. The third-order valence-corrected chi connectivity index (χ3v) is 4.79. The van der Waals surface area contributed by atoms with Crippen LogP contribution in [0.4, 0.5) is 4.39 Å². The zero-order valence-electron chi connectivity index (χ0n) is 14.5. The lowest BCUT2D eigenvalue weighted by atomic mass is 9.95. The summed E-state index contributed by atoms with van der Waals surface area (Å²) in [6.45, 7) is 0.189. The Bertz CT molecular complexity index is 878. The Balaban J connectivity index is 1.91.